The lowest BCUT2D eigenvalue weighted by Gasteiger charge is -2.13. The maximum absolute atomic E-state index is 12.4. The summed E-state index contributed by atoms with van der Waals surface area (Å²) in [6.45, 7) is 2.13. The van der Waals surface area contributed by atoms with Crippen molar-refractivity contribution in [2.45, 2.75) is 20.0 Å². The van der Waals surface area contributed by atoms with E-state index >= 15 is 0 Å². The first-order valence-electron chi connectivity index (χ1n) is 7.08. The average molecular weight is 315 g/mol. The van der Waals surface area contributed by atoms with E-state index in [0.717, 1.165) is 15.9 Å². The van der Waals surface area contributed by atoms with E-state index in [1.54, 1.807) is 18.6 Å². The van der Waals surface area contributed by atoms with Crippen molar-refractivity contribution >= 4 is 11.2 Å². The van der Waals surface area contributed by atoms with Crippen LogP contribution in [0, 0.1) is 5.21 Å². The molecule has 0 spiro atoms. The summed E-state index contributed by atoms with van der Waals surface area (Å²) in [5.41, 5.74) is -0.531. The zero-order chi connectivity index (χ0) is 16.6. The number of ether oxygens (including phenoxy) is 1. The Morgan fingerprint density at radius 3 is 2.52 bits per heavy atom. The molecule has 8 nitrogen and oxygen atoms in total. The summed E-state index contributed by atoms with van der Waals surface area (Å²) in [5, 5.41) is 12.0. The van der Waals surface area contributed by atoms with E-state index in [0.29, 0.717) is 6.54 Å². The minimum Gasteiger partial charge on any atom is -0.801 e. The number of aromatic nitrogens is 4. The lowest BCUT2D eigenvalue weighted by atomic mass is 10.2. The smallest absolute Gasteiger partial charge is 0.328 e. The van der Waals surface area contributed by atoms with Crippen LogP contribution in [0.25, 0.3) is 11.2 Å². The maximum Gasteiger partial charge on any atom is 0.328 e. The van der Waals surface area contributed by atoms with Crippen LogP contribution >= 0.6 is 0 Å². The van der Waals surface area contributed by atoms with Crippen molar-refractivity contribution in [3.8, 4) is 5.75 Å². The van der Waals surface area contributed by atoms with E-state index in [4.69, 9.17) is 4.74 Å². The van der Waals surface area contributed by atoms with Crippen molar-refractivity contribution < 1.29 is 4.74 Å². The number of nitrogens with zero attached hydrogens (tertiary/aromatic N) is 4. The summed E-state index contributed by atoms with van der Waals surface area (Å²) in [4.78, 5) is 28.2. The fourth-order valence-corrected chi connectivity index (χ4v) is 2.48. The minimum atomic E-state index is -0.903. The van der Waals surface area contributed by atoms with Crippen LogP contribution in [-0.2, 0) is 13.1 Å². The van der Waals surface area contributed by atoms with Gasteiger partial charge in [-0.1, -0.05) is 12.1 Å². The lowest BCUT2D eigenvalue weighted by molar-refractivity contribution is 0.414. The highest BCUT2D eigenvalue weighted by Gasteiger charge is 2.14. The van der Waals surface area contributed by atoms with Gasteiger partial charge in [-0.2, -0.15) is 0 Å². The van der Waals surface area contributed by atoms with Crippen molar-refractivity contribution in [1.82, 2.24) is 18.8 Å². The number of rotatable bonds is 4. The van der Waals surface area contributed by atoms with Gasteiger partial charge in [-0.05, 0) is 24.6 Å². The number of fused-ring (bicyclic) bond motifs is 1. The third-order valence-electron chi connectivity index (χ3n) is 3.69. The maximum atomic E-state index is 12.4. The second-order valence-corrected chi connectivity index (χ2v) is 5.02. The van der Waals surface area contributed by atoms with Gasteiger partial charge in [-0.25, -0.2) is 9.78 Å². The van der Waals surface area contributed by atoms with Crippen molar-refractivity contribution in [2.75, 3.05) is 7.11 Å². The monoisotopic (exact) mass is 315 g/mol. The summed E-state index contributed by atoms with van der Waals surface area (Å²) in [7, 11) is 1.58. The van der Waals surface area contributed by atoms with E-state index in [2.05, 4.69) is 4.98 Å². The van der Waals surface area contributed by atoms with Gasteiger partial charge in [0.15, 0.2) is 11.2 Å². The Kier molecular flexibility index (Phi) is 3.65. The molecular weight excluding hydrogens is 300 g/mol. The molecule has 0 radical (unpaired) electrons. The Morgan fingerprint density at radius 2 is 1.91 bits per heavy atom. The van der Waals surface area contributed by atoms with Gasteiger partial charge in [0.05, 0.1) is 13.4 Å². The molecule has 23 heavy (non-hydrogen) atoms. The SMILES string of the molecule is CCn1c(=O)c2c(ncn2Cc2ccc(OC)cc2)n([O-])c1=O. The summed E-state index contributed by atoms with van der Waals surface area (Å²) in [6, 6.07) is 7.33. The minimum absolute atomic E-state index is 0.122. The first kappa shape index (κ1) is 14.9. The molecule has 3 aromatic rings. The summed E-state index contributed by atoms with van der Waals surface area (Å²) in [6.07, 6.45) is 1.39. The van der Waals surface area contributed by atoms with Gasteiger partial charge in [-0.15, -0.1) is 0 Å². The number of methoxy groups -OCH3 is 1. The molecule has 0 amide bonds. The topological polar surface area (TPSA) is 94.1 Å². The van der Waals surface area contributed by atoms with Gasteiger partial charge >= 0.3 is 5.69 Å². The quantitative estimate of drug-likeness (QED) is 0.709. The molecule has 8 heteroatoms. The number of benzene rings is 1. The van der Waals surface area contributed by atoms with Gasteiger partial charge in [0.2, 0.25) is 0 Å². The third kappa shape index (κ3) is 2.37. The molecule has 0 saturated heterocycles. The molecule has 0 aliphatic rings. The van der Waals surface area contributed by atoms with Crippen molar-refractivity contribution in [2.24, 2.45) is 0 Å². The van der Waals surface area contributed by atoms with E-state index in [1.807, 2.05) is 24.3 Å². The molecular formula is C15H15N4O4-. The normalized spacial score (nSPS) is 11.0. The first-order valence-corrected chi connectivity index (χ1v) is 7.08. The van der Waals surface area contributed by atoms with Crippen LogP contribution in [0.5, 0.6) is 5.75 Å². The van der Waals surface area contributed by atoms with Crippen LogP contribution in [0.3, 0.4) is 0 Å². The molecule has 120 valence electrons. The number of hydrogen-bond acceptors (Lipinski definition) is 5. The molecule has 1 aromatic carbocycles. The molecule has 2 aromatic heterocycles. The average Bonchev–Trinajstić information content (AvgIpc) is 2.98. The molecule has 2 heterocycles. The van der Waals surface area contributed by atoms with Crippen molar-refractivity contribution in [3.05, 3.63) is 62.2 Å². The molecule has 0 N–H and O–H groups in total. The van der Waals surface area contributed by atoms with E-state index < -0.39 is 11.2 Å². The lowest BCUT2D eigenvalue weighted by Crippen LogP contribution is -2.38. The second kappa shape index (κ2) is 5.64. The largest absolute Gasteiger partial charge is 0.801 e. The Labute approximate surface area is 130 Å². The summed E-state index contributed by atoms with van der Waals surface area (Å²) in [5.74, 6) is 0.728. The van der Waals surface area contributed by atoms with E-state index in [1.165, 1.54) is 6.33 Å². The highest BCUT2D eigenvalue weighted by Crippen LogP contribution is 2.14. The van der Waals surface area contributed by atoms with Crippen LogP contribution in [0.1, 0.15) is 12.5 Å². The Bertz CT molecular complexity index is 966. The highest BCUT2D eigenvalue weighted by atomic mass is 16.5. The van der Waals surface area contributed by atoms with Crippen LogP contribution in [-0.4, -0.2) is 26.0 Å². The first-order chi connectivity index (χ1) is 11.1. The summed E-state index contributed by atoms with van der Waals surface area (Å²) < 4.78 is 7.73. The standard InChI is InChI=1S/C15H15N4O4/c1-3-18-14(20)12-13(19(22)15(18)21)16-9-17(12)8-10-4-6-11(23-2)7-5-10/h4-7,9H,3,8H2,1-2H3/q-1. The van der Waals surface area contributed by atoms with Crippen molar-refractivity contribution in [3.63, 3.8) is 0 Å². The summed E-state index contributed by atoms with van der Waals surface area (Å²) >= 11 is 0. The number of imidazole rings is 1. The zero-order valence-corrected chi connectivity index (χ0v) is 12.7. The van der Waals surface area contributed by atoms with Crippen LogP contribution in [0.2, 0.25) is 0 Å². The molecule has 0 bridgehead atoms. The Balaban J connectivity index is 2.13. The van der Waals surface area contributed by atoms with Gasteiger partial charge < -0.3 is 19.2 Å². The molecule has 0 fully saturated rings. The molecule has 0 saturated carbocycles. The fraction of sp³-hybridized carbons (Fsp3) is 0.267. The predicted octanol–water partition coefficient (Wildman–Crippen LogP) is 0.782. The second-order valence-electron chi connectivity index (χ2n) is 5.02. The Hall–Kier alpha value is -3.03. The predicted molar refractivity (Wildman–Crippen MR) is 84.8 cm³/mol. The molecule has 0 atom stereocenters. The van der Waals surface area contributed by atoms with Gasteiger partial charge in [0.1, 0.15) is 5.75 Å². The van der Waals surface area contributed by atoms with Crippen LogP contribution < -0.4 is 16.0 Å². The van der Waals surface area contributed by atoms with Gasteiger partial charge in [0, 0.05) is 13.1 Å². The fourth-order valence-electron chi connectivity index (χ4n) is 2.48. The third-order valence-corrected chi connectivity index (χ3v) is 3.69. The molecule has 3 rings (SSSR count). The van der Waals surface area contributed by atoms with Crippen molar-refractivity contribution in [1.29, 1.82) is 0 Å². The van der Waals surface area contributed by atoms with Crippen LogP contribution in [0.15, 0.2) is 40.2 Å². The van der Waals surface area contributed by atoms with E-state index in [9.17, 15) is 14.8 Å². The van der Waals surface area contributed by atoms with E-state index in [-0.39, 0.29) is 22.4 Å². The number of hydrogen-bond donors (Lipinski definition) is 0. The molecule has 0 unspecified atom stereocenters. The van der Waals surface area contributed by atoms with Gasteiger partial charge in [-0.3, -0.25) is 9.36 Å². The highest BCUT2D eigenvalue weighted by molar-refractivity contribution is 5.70. The Morgan fingerprint density at radius 1 is 1.22 bits per heavy atom. The molecule has 0 aliphatic carbocycles. The molecule has 0 aliphatic heterocycles. The van der Waals surface area contributed by atoms with Crippen LogP contribution in [0.4, 0.5) is 0 Å². The van der Waals surface area contributed by atoms with Gasteiger partial charge in [0.25, 0.3) is 5.56 Å². The zero-order valence-electron chi connectivity index (χ0n) is 12.7.